The van der Waals surface area contributed by atoms with Gasteiger partial charge in [-0.2, -0.15) is 13.2 Å². The second-order valence-electron chi connectivity index (χ2n) is 6.66. The first-order valence-corrected chi connectivity index (χ1v) is 8.43. The van der Waals surface area contributed by atoms with Gasteiger partial charge in [0.25, 0.3) is 0 Å². The number of aromatic amines is 1. The largest absolute Gasteiger partial charge is 0.401 e. The van der Waals surface area contributed by atoms with E-state index in [2.05, 4.69) is 32.4 Å². The molecule has 4 rings (SSSR count). The molecule has 0 radical (unpaired) electrons. The average Bonchev–Trinajstić information content (AvgIpc) is 3.27. The lowest BCUT2D eigenvalue weighted by atomic mass is 9.93. The molecule has 1 saturated carbocycles. The Labute approximate surface area is 141 Å². The zero-order chi connectivity index (χ0) is 17.6. The van der Waals surface area contributed by atoms with Gasteiger partial charge in [-0.05, 0) is 24.8 Å². The number of halogens is 3. The van der Waals surface area contributed by atoms with Gasteiger partial charge >= 0.3 is 6.18 Å². The molecule has 1 fully saturated rings. The first-order chi connectivity index (χ1) is 12.0. The van der Waals surface area contributed by atoms with Crippen molar-refractivity contribution in [3.63, 3.8) is 0 Å². The van der Waals surface area contributed by atoms with Gasteiger partial charge in [-0.1, -0.05) is 13.3 Å². The van der Waals surface area contributed by atoms with E-state index in [4.69, 9.17) is 0 Å². The number of hydrogen-bond acceptors (Lipinski definition) is 4. The summed E-state index contributed by atoms with van der Waals surface area (Å²) in [6.07, 6.45) is 1.51. The molecule has 0 spiro atoms. The molecule has 25 heavy (non-hydrogen) atoms. The summed E-state index contributed by atoms with van der Waals surface area (Å²) in [7, 11) is 0. The summed E-state index contributed by atoms with van der Waals surface area (Å²) in [5.41, 5.74) is 2.29. The molecule has 3 atom stereocenters. The van der Waals surface area contributed by atoms with Crippen LogP contribution in [-0.4, -0.2) is 43.3 Å². The zero-order valence-corrected chi connectivity index (χ0v) is 13.7. The summed E-state index contributed by atoms with van der Waals surface area (Å²) < 4.78 is 39.5. The van der Waals surface area contributed by atoms with Crippen molar-refractivity contribution < 1.29 is 13.2 Å². The Bertz CT molecular complexity index is 883. The molecule has 0 aliphatic heterocycles. The number of H-pyrrole nitrogens is 1. The van der Waals surface area contributed by atoms with Crippen molar-refractivity contribution >= 4 is 16.8 Å². The molecule has 3 unspecified atom stereocenters. The maximum absolute atomic E-state index is 12.5. The van der Waals surface area contributed by atoms with Crippen LogP contribution >= 0.6 is 0 Å². The molecule has 6 nitrogen and oxygen atoms in total. The van der Waals surface area contributed by atoms with Crippen LogP contribution in [0.3, 0.4) is 0 Å². The van der Waals surface area contributed by atoms with Gasteiger partial charge in [0.2, 0.25) is 0 Å². The third-order valence-electron chi connectivity index (χ3n) is 5.11. The maximum atomic E-state index is 12.5. The average molecular weight is 352 g/mol. The fraction of sp³-hybridized carbons (Fsp3) is 0.562. The van der Waals surface area contributed by atoms with Gasteiger partial charge in [0, 0.05) is 18.2 Å². The predicted octanol–water partition coefficient (Wildman–Crippen LogP) is 3.03. The molecule has 1 aliphatic carbocycles. The monoisotopic (exact) mass is 352 g/mol. The lowest BCUT2D eigenvalue weighted by Gasteiger charge is -2.16. The molecular weight excluding hydrogens is 333 g/mol. The van der Waals surface area contributed by atoms with E-state index in [1.54, 1.807) is 12.4 Å². The van der Waals surface area contributed by atoms with Gasteiger partial charge in [0.15, 0.2) is 11.3 Å². The van der Waals surface area contributed by atoms with Crippen LogP contribution in [0, 0.1) is 5.92 Å². The van der Waals surface area contributed by atoms with Crippen molar-refractivity contribution in [2.75, 3.05) is 6.54 Å². The van der Waals surface area contributed by atoms with E-state index in [1.807, 2.05) is 10.5 Å². The predicted molar refractivity (Wildman–Crippen MR) is 86.2 cm³/mol. The van der Waals surface area contributed by atoms with Crippen LogP contribution in [0.1, 0.15) is 37.9 Å². The van der Waals surface area contributed by atoms with Crippen LogP contribution in [0.25, 0.3) is 16.8 Å². The van der Waals surface area contributed by atoms with Crippen molar-refractivity contribution in [2.45, 2.75) is 44.3 Å². The molecule has 134 valence electrons. The highest BCUT2D eigenvalue weighted by atomic mass is 19.4. The van der Waals surface area contributed by atoms with E-state index in [9.17, 15) is 13.2 Å². The van der Waals surface area contributed by atoms with Crippen LogP contribution in [0.4, 0.5) is 13.2 Å². The number of hydrogen-bond donors (Lipinski definition) is 2. The fourth-order valence-corrected chi connectivity index (χ4v) is 3.96. The molecule has 3 aromatic rings. The minimum atomic E-state index is -4.19. The maximum Gasteiger partial charge on any atom is 0.401 e. The Hall–Kier alpha value is -2.16. The van der Waals surface area contributed by atoms with Crippen molar-refractivity contribution in [1.82, 2.24) is 29.9 Å². The van der Waals surface area contributed by atoms with Gasteiger partial charge in [-0.3, -0.25) is 4.40 Å². The SMILES string of the molecule is CCC1CC(NCC(F)(F)F)CC1c1nnc2cnc3[nH]ccc3n12. The normalized spacial score (nSPS) is 24.6. The van der Waals surface area contributed by atoms with Crippen LogP contribution < -0.4 is 5.32 Å². The summed E-state index contributed by atoms with van der Waals surface area (Å²) >= 11 is 0. The Balaban J connectivity index is 1.66. The third-order valence-corrected chi connectivity index (χ3v) is 5.11. The molecule has 2 N–H and O–H groups in total. The first kappa shape index (κ1) is 16.3. The van der Waals surface area contributed by atoms with Gasteiger partial charge in [0.1, 0.15) is 5.82 Å². The number of nitrogens with zero attached hydrogens (tertiary/aromatic N) is 4. The van der Waals surface area contributed by atoms with Crippen molar-refractivity contribution in [3.05, 3.63) is 24.3 Å². The van der Waals surface area contributed by atoms with E-state index in [-0.39, 0.29) is 17.9 Å². The topological polar surface area (TPSA) is 70.9 Å². The second kappa shape index (κ2) is 5.98. The summed E-state index contributed by atoms with van der Waals surface area (Å²) in [5, 5.41) is 11.2. The Morgan fingerprint density at radius 1 is 1.32 bits per heavy atom. The van der Waals surface area contributed by atoms with Crippen molar-refractivity contribution in [1.29, 1.82) is 0 Å². The number of alkyl halides is 3. The van der Waals surface area contributed by atoms with Crippen molar-refractivity contribution in [3.8, 4) is 0 Å². The van der Waals surface area contributed by atoms with Crippen LogP contribution in [0.5, 0.6) is 0 Å². The van der Waals surface area contributed by atoms with Gasteiger partial charge in [-0.15, -0.1) is 10.2 Å². The van der Waals surface area contributed by atoms with Crippen LogP contribution in [0.2, 0.25) is 0 Å². The number of fused-ring (bicyclic) bond motifs is 3. The number of nitrogens with one attached hydrogen (secondary N) is 2. The van der Waals surface area contributed by atoms with Crippen LogP contribution in [0.15, 0.2) is 18.5 Å². The summed E-state index contributed by atoms with van der Waals surface area (Å²) in [4.78, 5) is 7.37. The first-order valence-electron chi connectivity index (χ1n) is 8.43. The van der Waals surface area contributed by atoms with E-state index < -0.39 is 12.7 Å². The number of rotatable bonds is 4. The molecule has 3 heterocycles. The Kier molecular flexibility index (Phi) is 3.90. The fourth-order valence-electron chi connectivity index (χ4n) is 3.96. The van der Waals surface area contributed by atoms with E-state index in [0.29, 0.717) is 18.5 Å². The smallest absolute Gasteiger partial charge is 0.345 e. The Morgan fingerprint density at radius 2 is 2.16 bits per heavy atom. The van der Waals surface area contributed by atoms with Gasteiger partial charge in [0.05, 0.1) is 18.3 Å². The Morgan fingerprint density at radius 3 is 2.92 bits per heavy atom. The quantitative estimate of drug-likeness (QED) is 0.757. The number of aromatic nitrogens is 5. The molecule has 9 heteroatoms. The molecule has 0 amide bonds. The van der Waals surface area contributed by atoms with Crippen molar-refractivity contribution in [2.24, 2.45) is 5.92 Å². The standard InChI is InChI=1S/C16H19F3N6/c1-2-9-5-10(22-8-16(17,18)19)6-11(9)15-24-23-13-7-21-14-12(25(13)15)3-4-20-14/h3-4,7,9-11,20,22H,2,5-6,8H2,1H3. The highest BCUT2D eigenvalue weighted by Crippen LogP contribution is 2.41. The minimum Gasteiger partial charge on any atom is -0.345 e. The highest BCUT2D eigenvalue weighted by Gasteiger charge is 2.38. The van der Waals surface area contributed by atoms with Gasteiger partial charge in [-0.25, -0.2) is 4.98 Å². The molecule has 0 bridgehead atoms. The molecule has 1 aliphatic rings. The van der Waals surface area contributed by atoms with Crippen LogP contribution in [-0.2, 0) is 0 Å². The third kappa shape index (κ3) is 2.97. The highest BCUT2D eigenvalue weighted by molar-refractivity contribution is 5.74. The van der Waals surface area contributed by atoms with E-state index in [1.165, 1.54) is 0 Å². The van der Waals surface area contributed by atoms with E-state index in [0.717, 1.165) is 23.4 Å². The lowest BCUT2D eigenvalue weighted by molar-refractivity contribution is -0.126. The minimum absolute atomic E-state index is 0.0752. The zero-order valence-electron chi connectivity index (χ0n) is 13.7. The molecular formula is C16H19F3N6. The molecule has 0 aromatic carbocycles. The molecule has 3 aromatic heterocycles. The van der Waals surface area contributed by atoms with E-state index >= 15 is 0 Å². The van der Waals surface area contributed by atoms with Gasteiger partial charge < -0.3 is 10.3 Å². The lowest BCUT2D eigenvalue weighted by Crippen LogP contribution is -2.35. The summed E-state index contributed by atoms with van der Waals surface area (Å²) in [6, 6.07) is 1.75. The summed E-state index contributed by atoms with van der Waals surface area (Å²) in [5.74, 6) is 1.16. The molecule has 0 saturated heterocycles. The summed E-state index contributed by atoms with van der Waals surface area (Å²) in [6.45, 7) is 1.12. The second-order valence-corrected chi connectivity index (χ2v) is 6.66.